The number of carbonyl (C=O) groups is 1. The maximum absolute atomic E-state index is 12.6. The maximum Gasteiger partial charge on any atom is 0.253 e. The molecule has 1 saturated heterocycles. The second-order valence-electron chi connectivity index (χ2n) is 7.29. The molecule has 0 aromatic heterocycles. The van der Waals surface area contributed by atoms with Crippen LogP contribution in [0, 0.1) is 5.92 Å². The van der Waals surface area contributed by atoms with Gasteiger partial charge in [0, 0.05) is 44.3 Å². The maximum atomic E-state index is 12.6. The second kappa shape index (κ2) is 8.29. The molecule has 0 spiro atoms. The zero-order chi connectivity index (χ0) is 18.6. The Morgan fingerprint density at radius 2 is 1.60 bits per heavy atom. The minimum Gasteiger partial charge on any atom is -0.336 e. The number of hydrogen-bond donors (Lipinski definition) is 1. The summed E-state index contributed by atoms with van der Waals surface area (Å²) in [6.07, 6.45) is 0. The molecule has 0 bridgehead atoms. The third-order valence-corrected chi connectivity index (χ3v) is 5.76. The van der Waals surface area contributed by atoms with Crippen LogP contribution < -0.4 is 4.72 Å². The molecule has 1 N–H and O–H groups in total. The van der Waals surface area contributed by atoms with Crippen molar-refractivity contribution >= 4 is 15.9 Å². The zero-order valence-electron chi connectivity index (χ0n) is 15.5. The van der Waals surface area contributed by atoms with Gasteiger partial charge in [0.1, 0.15) is 0 Å². The molecule has 25 heavy (non-hydrogen) atoms. The molecule has 1 amide bonds. The summed E-state index contributed by atoms with van der Waals surface area (Å²) in [4.78, 5) is 17.0. The first kappa shape index (κ1) is 19.9. The van der Waals surface area contributed by atoms with Crippen LogP contribution in [0.5, 0.6) is 0 Å². The second-order valence-corrected chi connectivity index (χ2v) is 9.00. The van der Waals surface area contributed by atoms with E-state index in [4.69, 9.17) is 0 Å². The summed E-state index contributed by atoms with van der Waals surface area (Å²) in [5.41, 5.74) is 0.529. The van der Waals surface area contributed by atoms with Gasteiger partial charge in [0.25, 0.3) is 5.91 Å². The lowest BCUT2D eigenvalue weighted by atomic mass is 10.1. The van der Waals surface area contributed by atoms with Crippen LogP contribution in [0.1, 0.15) is 38.1 Å². The van der Waals surface area contributed by atoms with Gasteiger partial charge in [-0.15, -0.1) is 0 Å². The fourth-order valence-corrected chi connectivity index (χ4v) is 4.24. The minimum atomic E-state index is -3.53. The predicted molar refractivity (Wildman–Crippen MR) is 99.1 cm³/mol. The third kappa shape index (κ3) is 5.52. The van der Waals surface area contributed by atoms with Gasteiger partial charge in [-0.05, 0) is 44.0 Å². The van der Waals surface area contributed by atoms with Crippen LogP contribution in [0.2, 0.25) is 0 Å². The summed E-state index contributed by atoms with van der Waals surface area (Å²) in [5, 5.41) is 0. The molecule has 1 heterocycles. The molecule has 0 radical (unpaired) electrons. The molecular formula is C18H29N3O3S. The molecular weight excluding hydrogens is 338 g/mol. The van der Waals surface area contributed by atoms with Crippen molar-refractivity contribution in [3.05, 3.63) is 29.8 Å². The van der Waals surface area contributed by atoms with Gasteiger partial charge in [0.2, 0.25) is 10.0 Å². The summed E-state index contributed by atoms with van der Waals surface area (Å²) in [6, 6.07) is 6.00. The molecule has 6 nitrogen and oxygen atoms in total. The Hall–Kier alpha value is -1.44. The molecule has 0 unspecified atom stereocenters. The van der Waals surface area contributed by atoms with Gasteiger partial charge < -0.3 is 4.90 Å². The van der Waals surface area contributed by atoms with Crippen molar-refractivity contribution in [3.8, 4) is 0 Å². The van der Waals surface area contributed by atoms with Crippen molar-refractivity contribution in [1.82, 2.24) is 14.5 Å². The molecule has 1 aliphatic rings. The van der Waals surface area contributed by atoms with E-state index in [0.717, 1.165) is 19.6 Å². The first-order valence-corrected chi connectivity index (χ1v) is 10.3. The van der Waals surface area contributed by atoms with Crippen LogP contribution in [-0.4, -0.2) is 62.9 Å². The first-order chi connectivity index (χ1) is 11.7. The lowest BCUT2D eigenvalue weighted by molar-refractivity contribution is 0.0623. The fourth-order valence-electron chi connectivity index (χ4n) is 2.99. The van der Waals surface area contributed by atoms with Crippen molar-refractivity contribution in [3.63, 3.8) is 0 Å². The highest BCUT2D eigenvalue weighted by atomic mass is 32.2. The summed E-state index contributed by atoms with van der Waals surface area (Å²) in [5.74, 6) is 0.584. The number of nitrogens with zero attached hydrogens (tertiary/aromatic N) is 2. The lowest BCUT2D eigenvalue weighted by Crippen LogP contribution is -2.49. The standard InChI is InChI=1S/C18H29N3O3S/c1-14(2)13-20-9-11-21(12-10-20)18(22)16-5-7-17(8-6-16)25(23,24)19-15(3)4/h5-8,14-15,19H,9-13H2,1-4H3. The minimum absolute atomic E-state index is 0.0371. The van der Waals surface area contributed by atoms with Gasteiger partial charge in [-0.25, -0.2) is 13.1 Å². The molecule has 1 aliphatic heterocycles. The molecule has 2 rings (SSSR count). The molecule has 0 atom stereocenters. The van der Waals surface area contributed by atoms with Crippen molar-refractivity contribution in [2.75, 3.05) is 32.7 Å². The topological polar surface area (TPSA) is 69.7 Å². The summed E-state index contributed by atoms with van der Waals surface area (Å²) in [6.45, 7) is 12.2. The number of piperazine rings is 1. The number of rotatable bonds is 6. The first-order valence-electron chi connectivity index (χ1n) is 8.83. The van der Waals surface area contributed by atoms with E-state index in [0.29, 0.717) is 24.6 Å². The Bertz CT molecular complexity index is 676. The quantitative estimate of drug-likeness (QED) is 0.832. The van der Waals surface area contributed by atoms with E-state index in [1.165, 1.54) is 12.1 Å². The Kier molecular flexibility index (Phi) is 6.59. The Morgan fingerprint density at radius 1 is 1.04 bits per heavy atom. The third-order valence-electron chi connectivity index (χ3n) is 4.09. The van der Waals surface area contributed by atoms with Crippen LogP contribution >= 0.6 is 0 Å². The molecule has 140 valence electrons. The van der Waals surface area contributed by atoms with Gasteiger partial charge >= 0.3 is 0 Å². The van der Waals surface area contributed by atoms with Crippen LogP contribution in [0.15, 0.2) is 29.2 Å². The van der Waals surface area contributed by atoms with Crippen LogP contribution in [-0.2, 0) is 10.0 Å². The summed E-state index contributed by atoms with van der Waals surface area (Å²) >= 11 is 0. The lowest BCUT2D eigenvalue weighted by Gasteiger charge is -2.35. The van der Waals surface area contributed by atoms with E-state index in [1.54, 1.807) is 26.0 Å². The van der Waals surface area contributed by atoms with Crippen molar-refractivity contribution in [2.24, 2.45) is 5.92 Å². The largest absolute Gasteiger partial charge is 0.336 e. The number of carbonyl (C=O) groups excluding carboxylic acids is 1. The monoisotopic (exact) mass is 367 g/mol. The smallest absolute Gasteiger partial charge is 0.253 e. The molecule has 0 aliphatic carbocycles. The SMILES string of the molecule is CC(C)CN1CCN(C(=O)c2ccc(S(=O)(=O)NC(C)C)cc2)CC1. The highest BCUT2D eigenvalue weighted by Crippen LogP contribution is 2.14. The van der Waals surface area contributed by atoms with E-state index < -0.39 is 10.0 Å². The zero-order valence-corrected chi connectivity index (χ0v) is 16.3. The van der Waals surface area contributed by atoms with E-state index >= 15 is 0 Å². The van der Waals surface area contributed by atoms with E-state index in [9.17, 15) is 13.2 Å². The summed E-state index contributed by atoms with van der Waals surface area (Å²) in [7, 11) is -3.53. The Morgan fingerprint density at radius 3 is 2.08 bits per heavy atom. The van der Waals surface area contributed by atoms with E-state index in [1.807, 2.05) is 4.90 Å². The van der Waals surface area contributed by atoms with Gasteiger partial charge in [0.15, 0.2) is 0 Å². The Balaban J connectivity index is 1.99. The van der Waals surface area contributed by atoms with E-state index in [-0.39, 0.29) is 16.8 Å². The number of nitrogens with one attached hydrogen (secondary N) is 1. The number of hydrogen-bond acceptors (Lipinski definition) is 4. The average molecular weight is 368 g/mol. The van der Waals surface area contributed by atoms with E-state index in [2.05, 4.69) is 23.5 Å². The highest BCUT2D eigenvalue weighted by Gasteiger charge is 2.23. The number of sulfonamides is 1. The van der Waals surface area contributed by atoms with Gasteiger partial charge in [-0.2, -0.15) is 0 Å². The molecule has 1 aromatic rings. The van der Waals surface area contributed by atoms with Crippen molar-refractivity contribution in [1.29, 1.82) is 0 Å². The van der Waals surface area contributed by atoms with Crippen LogP contribution in [0.25, 0.3) is 0 Å². The highest BCUT2D eigenvalue weighted by molar-refractivity contribution is 7.89. The molecule has 1 fully saturated rings. The number of amides is 1. The Labute approximate surface area is 151 Å². The molecule has 7 heteroatoms. The molecule has 0 saturated carbocycles. The average Bonchev–Trinajstić information content (AvgIpc) is 2.53. The van der Waals surface area contributed by atoms with Crippen molar-refractivity contribution in [2.45, 2.75) is 38.6 Å². The van der Waals surface area contributed by atoms with Gasteiger partial charge in [0.05, 0.1) is 4.90 Å². The van der Waals surface area contributed by atoms with Gasteiger partial charge in [-0.1, -0.05) is 13.8 Å². The van der Waals surface area contributed by atoms with Crippen molar-refractivity contribution < 1.29 is 13.2 Å². The normalized spacial score (nSPS) is 16.6. The predicted octanol–water partition coefficient (Wildman–Crippen LogP) is 1.79. The fraction of sp³-hybridized carbons (Fsp3) is 0.611. The van der Waals surface area contributed by atoms with Crippen LogP contribution in [0.4, 0.5) is 0 Å². The molecule has 1 aromatic carbocycles. The summed E-state index contributed by atoms with van der Waals surface area (Å²) < 4.78 is 26.8. The van der Waals surface area contributed by atoms with Gasteiger partial charge in [-0.3, -0.25) is 9.69 Å². The van der Waals surface area contributed by atoms with Crippen LogP contribution in [0.3, 0.4) is 0 Å². The number of benzene rings is 1.